The summed E-state index contributed by atoms with van der Waals surface area (Å²) in [6.45, 7) is 24.6. The Balaban J connectivity index is 0.000000266. The molecular weight excluding hydrogens is 865 g/mol. The van der Waals surface area contributed by atoms with Crippen LogP contribution in [0.5, 0.6) is 0 Å². The first-order valence-electron chi connectivity index (χ1n) is 20.7. The number of furan rings is 1. The number of hydrogen-bond acceptors (Lipinski definition) is 4. The molecule has 0 aliphatic heterocycles. The normalized spacial score (nSPS) is 17.4. The molecule has 8 rings (SSSR count). The van der Waals surface area contributed by atoms with Crippen molar-refractivity contribution >= 4 is 49.2 Å². The van der Waals surface area contributed by atoms with Gasteiger partial charge in [0, 0.05) is 60.0 Å². The molecule has 2 aromatic heterocycles. The summed E-state index contributed by atoms with van der Waals surface area (Å²) < 4.78 is 6.73. The van der Waals surface area contributed by atoms with Crippen molar-refractivity contribution in [3.05, 3.63) is 101 Å². The van der Waals surface area contributed by atoms with Crippen molar-refractivity contribution in [1.82, 2.24) is 4.98 Å². The summed E-state index contributed by atoms with van der Waals surface area (Å²) >= 11 is 0. The van der Waals surface area contributed by atoms with Gasteiger partial charge in [-0.1, -0.05) is 130 Å². The van der Waals surface area contributed by atoms with E-state index in [4.69, 9.17) is 14.4 Å². The smallest absolute Gasteiger partial charge is 0.139 e. The predicted molar refractivity (Wildman–Crippen MR) is 235 cm³/mol. The fourth-order valence-electron chi connectivity index (χ4n) is 8.73. The van der Waals surface area contributed by atoms with E-state index in [0.29, 0.717) is 17.7 Å². The maximum Gasteiger partial charge on any atom is 0.139 e. The van der Waals surface area contributed by atoms with Crippen LogP contribution in [0.3, 0.4) is 0 Å². The van der Waals surface area contributed by atoms with Gasteiger partial charge in [0.05, 0.1) is 11.8 Å². The first kappa shape index (κ1) is 41.8. The van der Waals surface area contributed by atoms with E-state index in [-0.39, 0.29) is 42.3 Å². The van der Waals surface area contributed by atoms with Crippen LogP contribution >= 0.6 is 0 Å². The zero-order chi connectivity index (χ0) is 39.4. The third-order valence-electron chi connectivity index (χ3n) is 12.3. The minimum absolute atomic E-state index is 0. The molecule has 4 nitrogen and oxygen atoms in total. The van der Waals surface area contributed by atoms with E-state index in [1.165, 1.54) is 59.6 Å². The van der Waals surface area contributed by atoms with E-state index >= 15 is 0 Å². The summed E-state index contributed by atoms with van der Waals surface area (Å²) in [6.07, 6.45) is 11.2. The topological polar surface area (TPSA) is 58.6 Å². The van der Waals surface area contributed by atoms with Crippen molar-refractivity contribution in [2.45, 2.75) is 137 Å². The van der Waals surface area contributed by atoms with E-state index in [0.717, 1.165) is 56.1 Å². The van der Waals surface area contributed by atoms with Crippen LogP contribution in [0.15, 0.2) is 88.1 Å². The molecule has 0 spiro atoms. The molecule has 0 atom stereocenters. The second-order valence-corrected chi connectivity index (χ2v) is 19.2. The van der Waals surface area contributed by atoms with Gasteiger partial charge in [0.25, 0.3) is 0 Å². The van der Waals surface area contributed by atoms with Crippen molar-refractivity contribution in [3.63, 3.8) is 0 Å². The Morgan fingerprint density at radius 2 is 1.55 bits per heavy atom. The molecule has 6 aromatic rings. The fraction of sp³-hybridized carbons (Fsp3) is 0.451. The summed E-state index contributed by atoms with van der Waals surface area (Å²) in [7, 11) is 0. The van der Waals surface area contributed by atoms with Crippen LogP contribution in [-0.4, -0.2) is 21.8 Å². The van der Waals surface area contributed by atoms with Gasteiger partial charge in [-0.15, -0.1) is 29.1 Å². The number of pyridine rings is 1. The molecule has 1 radical (unpaired) electrons. The van der Waals surface area contributed by atoms with Crippen LogP contribution in [0, 0.1) is 17.9 Å². The molecule has 0 amide bonds. The van der Waals surface area contributed by atoms with Gasteiger partial charge in [0.1, 0.15) is 11.2 Å². The Hall–Kier alpha value is -3.79. The van der Waals surface area contributed by atoms with Crippen LogP contribution < -0.4 is 0 Å². The molecule has 1 saturated carbocycles. The van der Waals surface area contributed by atoms with Crippen molar-refractivity contribution in [2.24, 2.45) is 16.8 Å². The molecule has 2 aliphatic rings. The second-order valence-electron chi connectivity index (χ2n) is 19.2. The molecule has 56 heavy (non-hydrogen) atoms. The minimum atomic E-state index is 0. The monoisotopic (exact) mass is 926 g/mol. The van der Waals surface area contributed by atoms with E-state index in [2.05, 4.69) is 129 Å². The Kier molecular flexibility index (Phi) is 11.9. The molecule has 4 aromatic carbocycles. The number of fused-ring (bicyclic) bond motifs is 7. The average Bonchev–Trinajstić information content (AvgIpc) is 3.78. The summed E-state index contributed by atoms with van der Waals surface area (Å²) in [4.78, 5) is 9.71. The van der Waals surface area contributed by atoms with Gasteiger partial charge in [-0.25, -0.2) is 0 Å². The van der Waals surface area contributed by atoms with Crippen molar-refractivity contribution in [3.8, 4) is 11.3 Å². The van der Waals surface area contributed by atoms with Crippen molar-refractivity contribution in [1.29, 1.82) is 0 Å². The van der Waals surface area contributed by atoms with Gasteiger partial charge in [-0.05, 0) is 88.5 Å². The van der Waals surface area contributed by atoms with Crippen LogP contribution in [0.25, 0.3) is 54.7 Å². The molecule has 0 bridgehead atoms. The van der Waals surface area contributed by atoms with Crippen molar-refractivity contribution < 1.29 is 29.6 Å². The van der Waals surface area contributed by atoms with Gasteiger partial charge >= 0.3 is 0 Å². The van der Waals surface area contributed by atoms with E-state index < -0.39 is 0 Å². The standard InChI is InChI=1S/C37H36NO.C14H25NO.Ir/c1-35(2,3)30-19-24(18-22-10-8-9-11-25(22)30)33-27-21-28-26-12-13-29-32(37(6,7)16-15-36(29,4)5)34(26)39-31(28)20-23(27)14-17-38-33;1-10(2)13(9-14(16)11(3)4)15-12-7-5-6-8-12;/h8-14,17,19-21H,15-16H2,1-7H3;9-12,16H,5-8H2,1-4H3;/q-1;;/b;14-9-,15-13?;. The van der Waals surface area contributed by atoms with Gasteiger partial charge in [0.2, 0.25) is 0 Å². The maximum absolute atomic E-state index is 9.80. The number of aliphatic hydroxyl groups is 1. The molecule has 1 fully saturated rings. The van der Waals surface area contributed by atoms with E-state index in [1.807, 2.05) is 26.1 Å². The number of aromatic nitrogens is 1. The summed E-state index contributed by atoms with van der Waals surface area (Å²) in [5, 5.41) is 16.8. The number of aliphatic imine (C=N–C) groups is 1. The molecular formula is C51H61IrN2O2-. The quantitative estimate of drug-likeness (QED) is 0.106. The van der Waals surface area contributed by atoms with Crippen LogP contribution in [0.4, 0.5) is 0 Å². The summed E-state index contributed by atoms with van der Waals surface area (Å²) in [6, 6.07) is 26.3. The minimum Gasteiger partial charge on any atom is -0.512 e. The number of rotatable bonds is 5. The van der Waals surface area contributed by atoms with Crippen LogP contribution in [-0.2, 0) is 36.4 Å². The first-order chi connectivity index (χ1) is 25.9. The van der Waals surface area contributed by atoms with Crippen LogP contribution in [0.2, 0.25) is 0 Å². The second kappa shape index (κ2) is 15.9. The number of benzene rings is 4. The zero-order valence-corrected chi connectivity index (χ0v) is 37.9. The van der Waals surface area contributed by atoms with Crippen LogP contribution in [0.1, 0.15) is 131 Å². The third kappa shape index (κ3) is 8.14. The van der Waals surface area contributed by atoms with Gasteiger partial charge in [-0.3, -0.25) is 9.98 Å². The molecule has 5 heteroatoms. The van der Waals surface area contributed by atoms with Gasteiger partial charge in [-0.2, -0.15) is 0 Å². The Labute approximate surface area is 348 Å². The zero-order valence-electron chi connectivity index (χ0n) is 35.5. The Morgan fingerprint density at radius 1 is 0.857 bits per heavy atom. The molecule has 2 aliphatic carbocycles. The average molecular weight is 926 g/mol. The summed E-state index contributed by atoms with van der Waals surface area (Å²) in [5.41, 5.74) is 9.42. The summed E-state index contributed by atoms with van der Waals surface area (Å²) in [5.74, 6) is 1.03. The molecule has 297 valence electrons. The van der Waals surface area contributed by atoms with E-state index in [9.17, 15) is 5.11 Å². The fourth-order valence-corrected chi connectivity index (χ4v) is 8.73. The number of allylic oxidation sites excluding steroid dienone is 2. The van der Waals surface area contributed by atoms with Crippen molar-refractivity contribution in [2.75, 3.05) is 0 Å². The molecule has 0 unspecified atom stereocenters. The number of aliphatic hydroxyl groups excluding tert-OH is 1. The SMILES string of the molecule is CC(C)(C)c1cc(-c2nccc3cc4oc5c6c(ccc5c4cc23)C(C)(C)CCC6(C)C)[c-]c2ccccc12.CC(C)C(/C=C(\O)C(C)C)=NC1CCCC1.[Ir]. The maximum atomic E-state index is 9.80. The van der Waals surface area contributed by atoms with Gasteiger partial charge in [0.15, 0.2) is 0 Å². The molecule has 0 saturated heterocycles. The predicted octanol–water partition coefficient (Wildman–Crippen LogP) is 14.5. The van der Waals surface area contributed by atoms with Gasteiger partial charge < -0.3 is 9.52 Å². The molecule has 1 N–H and O–H groups in total. The molecule has 2 heterocycles. The Morgan fingerprint density at radius 3 is 2.23 bits per heavy atom. The van der Waals surface area contributed by atoms with E-state index in [1.54, 1.807) is 0 Å². The number of hydrogen-bond donors (Lipinski definition) is 1. The largest absolute Gasteiger partial charge is 0.512 e. The first-order valence-corrected chi connectivity index (χ1v) is 20.7. The Bertz CT molecular complexity index is 2450. The third-order valence-corrected chi connectivity index (χ3v) is 12.3. The number of nitrogens with zero attached hydrogens (tertiary/aromatic N) is 2.